The monoisotopic (exact) mass is 322 g/mol. The zero-order chi connectivity index (χ0) is 14.9. The predicted octanol–water partition coefficient (Wildman–Crippen LogP) is 5.27. The summed E-state index contributed by atoms with van der Waals surface area (Å²) < 4.78 is 23.6. The minimum atomic E-state index is -3.24. The molecule has 20 heavy (non-hydrogen) atoms. The second-order valence-electron chi connectivity index (χ2n) is 5.71. The molecule has 0 heterocycles. The van der Waals surface area contributed by atoms with E-state index in [1.165, 1.54) is 77.0 Å². The van der Waals surface area contributed by atoms with Crippen molar-refractivity contribution >= 4 is 0 Å². The summed E-state index contributed by atoms with van der Waals surface area (Å²) in [6, 6.07) is 0. The predicted molar refractivity (Wildman–Crippen MR) is 79.2 cm³/mol. The van der Waals surface area contributed by atoms with Crippen LogP contribution in [0.25, 0.3) is 0 Å². The van der Waals surface area contributed by atoms with Crippen LogP contribution in [0.1, 0.15) is 96.8 Å². The Bertz CT molecular complexity index is 210. The second-order valence-corrected chi connectivity index (χ2v) is 6.99. The SMILES string of the molecule is CCCCCCCCCCCCCCCC[O][Ti](=[O])[OH]. The van der Waals surface area contributed by atoms with Gasteiger partial charge in [-0.3, -0.25) is 0 Å². The first-order chi connectivity index (χ1) is 9.77. The molecule has 0 radical (unpaired) electrons. The van der Waals surface area contributed by atoms with Crippen molar-refractivity contribution in [3.8, 4) is 0 Å². The molecule has 0 saturated carbocycles. The van der Waals surface area contributed by atoms with Crippen LogP contribution in [0.15, 0.2) is 0 Å². The molecular weight excluding hydrogens is 288 g/mol. The fourth-order valence-corrected chi connectivity index (χ4v) is 2.95. The topological polar surface area (TPSA) is 46.5 Å². The average Bonchev–Trinajstić information content (AvgIpc) is 2.43. The summed E-state index contributed by atoms with van der Waals surface area (Å²) >= 11 is -3.24. The third-order valence-electron chi connectivity index (χ3n) is 3.72. The standard InChI is InChI=1S/C16H33O.H2O.O.Ti/c1-2-3-4-5-6-7-8-9-10-11-12-13-14-15-16-17;;;/h2-16H2,1H3;1H2;;/q-1;;;+2/p-1. The van der Waals surface area contributed by atoms with Gasteiger partial charge in [0.25, 0.3) is 0 Å². The molecule has 0 rings (SSSR count). The first-order valence-electron chi connectivity index (χ1n) is 8.63. The van der Waals surface area contributed by atoms with E-state index in [1.54, 1.807) is 0 Å². The van der Waals surface area contributed by atoms with E-state index in [2.05, 4.69) is 6.92 Å². The molecule has 0 saturated heterocycles. The Hall–Kier alpha value is 0.434. The minimum absolute atomic E-state index is 0.466. The van der Waals surface area contributed by atoms with Crippen molar-refractivity contribution in [3.63, 3.8) is 0 Å². The summed E-state index contributed by atoms with van der Waals surface area (Å²) in [5.41, 5.74) is 0. The van der Waals surface area contributed by atoms with Crippen LogP contribution >= 0.6 is 0 Å². The van der Waals surface area contributed by atoms with Gasteiger partial charge in [-0.1, -0.05) is 32.6 Å². The van der Waals surface area contributed by atoms with Crippen LogP contribution in [0.4, 0.5) is 0 Å². The third-order valence-corrected chi connectivity index (χ3v) is 4.43. The molecule has 0 aromatic carbocycles. The molecule has 4 heteroatoms. The Morgan fingerprint density at radius 3 is 1.40 bits per heavy atom. The molecule has 3 nitrogen and oxygen atoms in total. The molecule has 0 aliphatic heterocycles. The van der Waals surface area contributed by atoms with Gasteiger partial charge in [-0.05, 0) is 0 Å². The molecule has 0 fully saturated rings. The molecule has 0 amide bonds. The Balaban J connectivity index is 2.94. The van der Waals surface area contributed by atoms with Crippen molar-refractivity contribution in [2.24, 2.45) is 0 Å². The van der Waals surface area contributed by atoms with Gasteiger partial charge in [0.1, 0.15) is 0 Å². The summed E-state index contributed by atoms with van der Waals surface area (Å²) in [7, 11) is 0. The second kappa shape index (κ2) is 17.5. The molecular formula is C16H34O3Ti. The van der Waals surface area contributed by atoms with E-state index in [1.807, 2.05) is 0 Å². The van der Waals surface area contributed by atoms with E-state index in [0.717, 1.165) is 12.8 Å². The van der Waals surface area contributed by atoms with Crippen LogP contribution in [0.2, 0.25) is 0 Å². The van der Waals surface area contributed by atoms with Crippen LogP contribution in [-0.2, 0) is 25.3 Å². The van der Waals surface area contributed by atoms with Gasteiger partial charge >= 0.3 is 99.8 Å². The summed E-state index contributed by atoms with van der Waals surface area (Å²) in [6.45, 7) is 2.73. The molecule has 0 aliphatic rings. The summed E-state index contributed by atoms with van der Waals surface area (Å²) in [6.07, 6.45) is 18.6. The molecule has 0 unspecified atom stereocenters. The fraction of sp³-hybridized carbons (Fsp3) is 1.00. The van der Waals surface area contributed by atoms with Gasteiger partial charge in [0.05, 0.1) is 0 Å². The van der Waals surface area contributed by atoms with E-state index >= 15 is 0 Å². The first kappa shape index (κ1) is 20.4. The van der Waals surface area contributed by atoms with Gasteiger partial charge in [0.15, 0.2) is 0 Å². The quantitative estimate of drug-likeness (QED) is 0.311. The molecule has 120 valence electrons. The van der Waals surface area contributed by atoms with Crippen LogP contribution in [0, 0.1) is 0 Å². The third kappa shape index (κ3) is 18.4. The van der Waals surface area contributed by atoms with Crippen molar-refractivity contribution in [2.45, 2.75) is 96.8 Å². The van der Waals surface area contributed by atoms with Gasteiger partial charge in [0.2, 0.25) is 0 Å². The Morgan fingerprint density at radius 2 is 1.05 bits per heavy atom. The first-order valence-corrected chi connectivity index (χ1v) is 10.6. The fourth-order valence-electron chi connectivity index (χ4n) is 2.46. The number of hydrogen-bond donors (Lipinski definition) is 1. The van der Waals surface area contributed by atoms with Crippen molar-refractivity contribution in [1.29, 1.82) is 0 Å². The van der Waals surface area contributed by atoms with Crippen LogP contribution in [0.3, 0.4) is 0 Å². The van der Waals surface area contributed by atoms with E-state index < -0.39 is 18.6 Å². The van der Waals surface area contributed by atoms with Gasteiger partial charge < -0.3 is 0 Å². The molecule has 0 spiro atoms. The maximum atomic E-state index is 10.4. The summed E-state index contributed by atoms with van der Waals surface area (Å²) in [5.74, 6) is 0. The average molecular weight is 322 g/mol. The summed E-state index contributed by atoms with van der Waals surface area (Å²) in [4.78, 5) is 0. The molecule has 0 aromatic heterocycles. The zero-order valence-corrected chi connectivity index (χ0v) is 14.9. The molecule has 1 N–H and O–H groups in total. The number of hydrogen-bond acceptors (Lipinski definition) is 2. The van der Waals surface area contributed by atoms with E-state index in [0.29, 0.717) is 6.61 Å². The number of unbranched alkanes of at least 4 members (excludes halogenated alkanes) is 13. The van der Waals surface area contributed by atoms with Gasteiger partial charge in [0, 0.05) is 0 Å². The molecule has 0 bridgehead atoms. The van der Waals surface area contributed by atoms with Crippen LogP contribution in [0.5, 0.6) is 0 Å². The summed E-state index contributed by atoms with van der Waals surface area (Å²) in [5, 5.41) is 0. The van der Waals surface area contributed by atoms with Gasteiger partial charge in [-0.15, -0.1) is 0 Å². The van der Waals surface area contributed by atoms with Crippen LogP contribution in [-0.4, -0.2) is 10.3 Å². The molecule has 0 aromatic rings. The normalized spacial score (nSPS) is 10.9. The van der Waals surface area contributed by atoms with Crippen molar-refractivity contribution in [2.75, 3.05) is 6.61 Å². The van der Waals surface area contributed by atoms with Crippen molar-refractivity contribution in [3.05, 3.63) is 0 Å². The zero-order valence-electron chi connectivity index (χ0n) is 13.4. The van der Waals surface area contributed by atoms with Crippen LogP contribution < -0.4 is 0 Å². The Kier molecular flexibility index (Phi) is 17.9. The van der Waals surface area contributed by atoms with E-state index in [-0.39, 0.29) is 0 Å². The van der Waals surface area contributed by atoms with E-state index in [4.69, 9.17) is 7.01 Å². The number of rotatable bonds is 16. The Labute approximate surface area is 132 Å². The molecule has 0 aliphatic carbocycles. The van der Waals surface area contributed by atoms with Gasteiger partial charge in [-0.25, -0.2) is 0 Å². The van der Waals surface area contributed by atoms with Crippen molar-refractivity contribution < 1.29 is 28.9 Å². The molecule has 0 atom stereocenters. The Morgan fingerprint density at radius 1 is 0.700 bits per heavy atom. The van der Waals surface area contributed by atoms with E-state index in [9.17, 15) is 3.32 Å². The van der Waals surface area contributed by atoms with Crippen molar-refractivity contribution in [1.82, 2.24) is 0 Å². The van der Waals surface area contributed by atoms with Gasteiger partial charge in [-0.2, -0.15) is 0 Å². The maximum absolute atomic E-state index is 10.4.